The second-order valence-corrected chi connectivity index (χ2v) is 6.81. The summed E-state index contributed by atoms with van der Waals surface area (Å²) in [6.07, 6.45) is 3.46. The molecule has 0 saturated carbocycles. The molecule has 2 heterocycles. The van der Waals surface area contributed by atoms with E-state index in [1.165, 1.54) is 12.4 Å². The zero-order valence-electron chi connectivity index (χ0n) is 9.47. The molecule has 1 amide bonds. The van der Waals surface area contributed by atoms with Gasteiger partial charge in [0, 0.05) is 6.04 Å². The molecule has 0 spiro atoms. The van der Waals surface area contributed by atoms with Crippen LogP contribution in [0.25, 0.3) is 0 Å². The van der Waals surface area contributed by atoms with Gasteiger partial charge in [-0.15, -0.1) is 0 Å². The van der Waals surface area contributed by atoms with Crippen LogP contribution in [-0.4, -0.2) is 41.8 Å². The fourth-order valence-electron chi connectivity index (χ4n) is 1.72. The van der Waals surface area contributed by atoms with E-state index in [-0.39, 0.29) is 34.3 Å². The SMILES string of the molecule is O=C(NC1CCS(=O)(=O)CC1)c1cnc(Cl)cn1. The predicted molar refractivity (Wildman–Crippen MR) is 66.2 cm³/mol. The third kappa shape index (κ3) is 3.39. The molecule has 1 aliphatic rings. The summed E-state index contributed by atoms with van der Waals surface area (Å²) >= 11 is 5.57. The first-order valence-electron chi connectivity index (χ1n) is 5.45. The predicted octanol–water partition coefficient (Wildman–Crippen LogP) is 0.437. The van der Waals surface area contributed by atoms with Crippen molar-refractivity contribution in [3.05, 3.63) is 23.2 Å². The molecule has 8 heteroatoms. The van der Waals surface area contributed by atoms with Crippen molar-refractivity contribution in [1.82, 2.24) is 15.3 Å². The van der Waals surface area contributed by atoms with E-state index in [4.69, 9.17) is 11.6 Å². The Morgan fingerprint density at radius 3 is 2.50 bits per heavy atom. The Morgan fingerprint density at radius 1 is 1.28 bits per heavy atom. The van der Waals surface area contributed by atoms with Crippen LogP contribution in [0.3, 0.4) is 0 Å². The molecular weight excluding hydrogens is 278 g/mol. The van der Waals surface area contributed by atoms with Crippen molar-refractivity contribution in [2.45, 2.75) is 18.9 Å². The number of amides is 1. The van der Waals surface area contributed by atoms with Crippen molar-refractivity contribution in [3.8, 4) is 0 Å². The molecule has 1 N–H and O–H groups in total. The molecule has 18 heavy (non-hydrogen) atoms. The average Bonchev–Trinajstić information content (AvgIpc) is 2.33. The van der Waals surface area contributed by atoms with Gasteiger partial charge in [-0.1, -0.05) is 11.6 Å². The van der Waals surface area contributed by atoms with Gasteiger partial charge in [-0.05, 0) is 12.8 Å². The van der Waals surface area contributed by atoms with Crippen molar-refractivity contribution in [1.29, 1.82) is 0 Å². The van der Waals surface area contributed by atoms with Gasteiger partial charge in [0.25, 0.3) is 5.91 Å². The summed E-state index contributed by atoms with van der Waals surface area (Å²) in [5, 5.41) is 2.96. The summed E-state index contributed by atoms with van der Waals surface area (Å²) in [6.45, 7) is 0. The van der Waals surface area contributed by atoms with Gasteiger partial charge in [-0.2, -0.15) is 0 Å². The zero-order valence-corrected chi connectivity index (χ0v) is 11.0. The highest BCUT2D eigenvalue weighted by atomic mass is 35.5. The monoisotopic (exact) mass is 289 g/mol. The molecule has 0 radical (unpaired) electrons. The van der Waals surface area contributed by atoms with Crippen LogP contribution < -0.4 is 5.32 Å². The van der Waals surface area contributed by atoms with Crippen LogP contribution >= 0.6 is 11.6 Å². The van der Waals surface area contributed by atoms with Crippen molar-refractivity contribution in [2.75, 3.05) is 11.5 Å². The summed E-state index contributed by atoms with van der Waals surface area (Å²) in [7, 11) is -2.92. The third-order valence-electron chi connectivity index (χ3n) is 2.74. The third-order valence-corrected chi connectivity index (χ3v) is 4.65. The maximum Gasteiger partial charge on any atom is 0.271 e. The first kappa shape index (κ1) is 13.2. The first-order valence-corrected chi connectivity index (χ1v) is 7.65. The number of aromatic nitrogens is 2. The quantitative estimate of drug-likeness (QED) is 0.853. The second-order valence-electron chi connectivity index (χ2n) is 4.12. The Balaban J connectivity index is 1.94. The molecule has 1 aromatic heterocycles. The standard InChI is InChI=1S/C10H12ClN3O3S/c11-9-6-12-8(5-13-9)10(15)14-7-1-3-18(16,17)4-2-7/h5-7H,1-4H2,(H,14,15). The Morgan fingerprint density at radius 2 is 1.94 bits per heavy atom. The van der Waals surface area contributed by atoms with Crippen LogP contribution in [0.4, 0.5) is 0 Å². The van der Waals surface area contributed by atoms with Crippen LogP contribution in [-0.2, 0) is 9.84 Å². The zero-order chi connectivity index (χ0) is 13.2. The summed E-state index contributed by atoms with van der Waals surface area (Å²) in [5.74, 6) is -0.127. The normalized spacial score (nSPS) is 19.4. The van der Waals surface area contributed by atoms with E-state index < -0.39 is 9.84 Å². The molecule has 1 saturated heterocycles. The minimum Gasteiger partial charge on any atom is -0.348 e. The average molecular weight is 290 g/mol. The van der Waals surface area contributed by atoms with Gasteiger partial charge in [0.15, 0.2) is 0 Å². The van der Waals surface area contributed by atoms with Crippen LogP contribution in [0.15, 0.2) is 12.4 Å². The number of halogens is 1. The van der Waals surface area contributed by atoms with Gasteiger partial charge in [-0.3, -0.25) is 4.79 Å². The molecule has 0 aromatic carbocycles. The summed E-state index contributed by atoms with van der Waals surface area (Å²) in [6, 6.07) is -0.126. The van der Waals surface area contributed by atoms with Crippen LogP contribution in [0.1, 0.15) is 23.3 Å². The Labute approximate surface area is 110 Å². The summed E-state index contributed by atoms with van der Waals surface area (Å²) in [4.78, 5) is 19.4. The summed E-state index contributed by atoms with van der Waals surface area (Å²) in [5.41, 5.74) is 0.174. The van der Waals surface area contributed by atoms with Crippen LogP contribution in [0.5, 0.6) is 0 Å². The van der Waals surface area contributed by atoms with E-state index in [1.807, 2.05) is 0 Å². The topological polar surface area (TPSA) is 89.0 Å². The van der Waals surface area contributed by atoms with Crippen LogP contribution in [0, 0.1) is 0 Å². The lowest BCUT2D eigenvalue weighted by Crippen LogP contribution is -2.41. The lowest BCUT2D eigenvalue weighted by molar-refractivity contribution is 0.0929. The lowest BCUT2D eigenvalue weighted by Gasteiger charge is -2.22. The minimum absolute atomic E-state index is 0.115. The maximum atomic E-state index is 11.8. The number of sulfone groups is 1. The number of hydrogen-bond donors (Lipinski definition) is 1. The number of carbonyl (C=O) groups is 1. The van der Waals surface area contributed by atoms with Crippen molar-refractivity contribution in [3.63, 3.8) is 0 Å². The number of nitrogens with zero attached hydrogens (tertiary/aromatic N) is 2. The van der Waals surface area contributed by atoms with Crippen molar-refractivity contribution >= 4 is 27.3 Å². The Kier molecular flexibility index (Phi) is 3.82. The fraction of sp³-hybridized carbons (Fsp3) is 0.500. The van der Waals surface area contributed by atoms with E-state index in [0.29, 0.717) is 12.8 Å². The molecule has 0 unspecified atom stereocenters. The number of carbonyl (C=O) groups excluding carboxylic acids is 1. The molecule has 1 aromatic rings. The first-order chi connectivity index (χ1) is 8.46. The Hall–Kier alpha value is -1.21. The molecule has 0 aliphatic carbocycles. The van der Waals surface area contributed by atoms with Crippen LogP contribution in [0.2, 0.25) is 5.15 Å². The molecule has 98 valence electrons. The molecule has 2 rings (SSSR count). The lowest BCUT2D eigenvalue weighted by atomic mass is 10.1. The van der Waals surface area contributed by atoms with Gasteiger partial charge < -0.3 is 5.32 Å². The van der Waals surface area contributed by atoms with Gasteiger partial charge in [0.2, 0.25) is 0 Å². The van der Waals surface area contributed by atoms with E-state index >= 15 is 0 Å². The molecule has 6 nitrogen and oxygen atoms in total. The van der Waals surface area contributed by atoms with Gasteiger partial charge in [0.1, 0.15) is 20.7 Å². The summed E-state index contributed by atoms with van der Waals surface area (Å²) < 4.78 is 22.5. The molecule has 0 atom stereocenters. The Bertz CT molecular complexity index is 530. The highest BCUT2D eigenvalue weighted by Crippen LogP contribution is 2.12. The van der Waals surface area contributed by atoms with E-state index in [2.05, 4.69) is 15.3 Å². The number of nitrogens with one attached hydrogen (secondary N) is 1. The second kappa shape index (κ2) is 5.19. The largest absolute Gasteiger partial charge is 0.348 e. The minimum atomic E-state index is -2.92. The number of rotatable bonds is 2. The van der Waals surface area contributed by atoms with Gasteiger partial charge in [-0.25, -0.2) is 18.4 Å². The van der Waals surface area contributed by atoms with Gasteiger partial charge in [0.05, 0.1) is 23.9 Å². The van der Waals surface area contributed by atoms with E-state index in [0.717, 1.165) is 0 Å². The van der Waals surface area contributed by atoms with E-state index in [9.17, 15) is 13.2 Å². The molecule has 1 aliphatic heterocycles. The maximum absolute atomic E-state index is 11.8. The fourth-order valence-corrected chi connectivity index (χ4v) is 3.31. The molecule has 1 fully saturated rings. The van der Waals surface area contributed by atoms with Crippen molar-refractivity contribution < 1.29 is 13.2 Å². The number of hydrogen-bond acceptors (Lipinski definition) is 5. The van der Waals surface area contributed by atoms with Gasteiger partial charge >= 0.3 is 0 Å². The molecular formula is C10H12ClN3O3S. The highest BCUT2D eigenvalue weighted by molar-refractivity contribution is 7.91. The van der Waals surface area contributed by atoms with Crippen molar-refractivity contribution in [2.24, 2.45) is 0 Å². The van der Waals surface area contributed by atoms with E-state index in [1.54, 1.807) is 0 Å². The smallest absolute Gasteiger partial charge is 0.271 e. The molecule has 0 bridgehead atoms. The highest BCUT2D eigenvalue weighted by Gasteiger charge is 2.25.